The van der Waals surface area contributed by atoms with Crippen molar-refractivity contribution >= 4 is 11.6 Å². The minimum absolute atomic E-state index is 0.165. The van der Waals surface area contributed by atoms with Crippen molar-refractivity contribution < 1.29 is 4.79 Å². The smallest absolute Gasteiger partial charge is 0.295 e. The van der Waals surface area contributed by atoms with E-state index in [2.05, 4.69) is 34.3 Å². The molecule has 0 aliphatic carbocycles. The first-order valence-electron chi connectivity index (χ1n) is 7.12. The number of H-pyrrole nitrogens is 1. The lowest BCUT2D eigenvalue weighted by atomic mass is 9.96. The molecule has 5 nitrogen and oxygen atoms in total. The van der Waals surface area contributed by atoms with Crippen LogP contribution in [0.1, 0.15) is 62.5 Å². The van der Waals surface area contributed by atoms with Crippen molar-refractivity contribution in [3.63, 3.8) is 0 Å². The molecule has 0 aliphatic heterocycles. The topological polar surface area (TPSA) is 70.7 Å². The molecule has 5 heteroatoms. The van der Waals surface area contributed by atoms with E-state index in [1.807, 2.05) is 45.0 Å². The molecule has 0 bridgehead atoms. The number of nitrogens with zero attached hydrogens (tertiary/aromatic N) is 2. The minimum Gasteiger partial charge on any atom is -0.319 e. The van der Waals surface area contributed by atoms with Crippen molar-refractivity contribution in [2.75, 3.05) is 5.32 Å². The van der Waals surface area contributed by atoms with Crippen molar-refractivity contribution in [1.82, 2.24) is 15.2 Å². The molecule has 0 aliphatic rings. The fourth-order valence-corrected chi connectivity index (χ4v) is 1.99. The number of amides is 1. The van der Waals surface area contributed by atoms with E-state index in [1.165, 1.54) is 0 Å². The number of carbonyl (C=O) groups is 1. The van der Waals surface area contributed by atoms with E-state index in [-0.39, 0.29) is 17.1 Å². The zero-order valence-corrected chi connectivity index (χ0v) is 13.2. The van der Waals surface area contributed by atoms with Gasteiger partial charge in [0.25, 0.3) is 5.91 Å². The first-order chi connectivity index (χ1) is 9.79. The van der Waals surface area contributed by atoms with Crippen molar-refractivity contribution in [3.8, 4) is 0 Å². The Balaban J connectivity index is 2.21. The van der Waals surface area contributed by atoms with Gasteiger partial charge in [-0.3, -0.25) is 9.89 Å². The van der Waals surface area contributed by atoms with Crippen LogP contribution < -0.4 is 5.32 Å². The Morgan fingerprint density at radius 3 is 2.48 bits per heavy atom. The number of benzene rings is 1. The van der Waals surface area contributed by atoms with Gasteiger partial charge in [-0.1, -0.05) is 52.8 Å². The summed E-state index contributed by atoms with van der Waals surface area (Å²) in [5.74, 6) is 0.900. The highest BCUT2D eigenvalue weighted by atomic mass is 16.2. The zero-order chi connectivity index (χ0) is 15.6. The highest BCUT2D eigenvalue weighted by molar-refractivity contribution is 6.02. The van der Waals surface area contributed by atoms with Gasteiger partial charge < -0.3 is 5.32 Å². The van der Waals surface area contributed by atoms with Gasteiger partial charge in [0.15, 0.2) is 0 Å². The average molecular weight is 286 g/mol. The van der Waals surface area contributed by atoms with Crippen LogP contribution in [0.4, 0.5) is 5.69 Å². The molecule has 1 aromatic heterocycles. The lowest BCUT2D eigenvalue weighted by Gasteiger charge is -2.13. The van der Waals surface area contributed by atoms with Gasteiger partial charge in [0.2, 0.25) is 5.82 Å². The van der Waals surface area contributed by atoms with E-state index >= 15 is 0 Å². The van der Waals surface area contributed by atoms with Crippen molar-refractivity contribution in [1.29, 1.82) is 0 Å². The predicted octanol–water partition coefficient (Wildman–Crippen LogP) is 3.48. The normalized spacial score (nSPS) is 11.7. The van der Waals surface area contributed by atoms with Crippen LogP contribution in [0.15, 0.2) is 24.3 Å². The fraction of sp³-hybridized carbons (Fsp3) is 0.438. The van der Waals surface area contributed by atoms with E-state index in [0.29, 0.717) is 11.7 Å². The molecular weight excluding hydrogens is 264 g/mol. The highest BCUT2D eigenvalue weighted by Crippen LogP contribution is 2.24. The van der Waals surface area contributed by atoms with Crippen LogP contribution in [0.3, 0.4) is 0 Å². The Labute approximate surface area is 125 Å². The summed E-state index contributed by atoms with van der Waals surface area (Å²) in [5, 5.41) is 9.72. The van der Waals surface area contributed by atoms with Gasteiger partial charge in [0.05, 0.1) is 0 Å². The van der Waals surface area contributed by atoms with Crippen molar-refractivity contribution in [2.24, 2.45) is 0 Å². The molecule has 112 valence electrons. The molecule has 0 atom stereocenters. The van der Waals surface area contributed by atoms with Gasteiger partial charge in [0.1, 0.15) is 5.82 Å². The molecule has 1 amide bonds. The molecule has 1 heterocycles. The number of aromatic amines is 1. The monoisotopic (exact) mass is 286 g/mol. The molecule has 0 saturated carbocycles. The molecule has 1 aromatic carbocycles. The van der Waals surface area contributed by atoms with Crippen LogP contribution in [0.5, 0.6) is 0 Å². The first kappa shape index (κ1) is 15.2. The quantitative estimate of drug-likeness (QED) is 0.907. The summed E-state index contributed by atoms with van der Waals surface area (Å²) in [5.41, 5.74) is 1.73. The SMILES string of the molecule is CC(C)c1ccccc1NC(=O)c1n[nH]c(C(C)(C)C)n1. The molecule has 0 fully saturated rings. The van der Waals surface area contributed by atoms with Gasteiger partial charge in [-0.25, -0.2) is 4.98 Å². The maximum atomic E-state index is 12.3. The van der Waals surface area contributed by atoms with E-state index in [9.17, 15) is 4.79 Å². The van der Waals surface area contributed by atoms with E-state index in [1.54, 1.807) is 0 Å². The van der Waals surface area contributed by atoms with Crippen LogP contribution in [0.2, 0.25) is 0 Å². The van der Waals surface area contributed by atoms with Gasteiger partial charge in [-0.15, -0.1) is 5.10 Å². The van der Waals surface area contributed by atoms with Crippen molar-refractivity contribution in [2.45, 2.75) is 46.0 Å². The fourth-order valence-electron chi connectivity index (χ4n) is 1.99. The summed E-state index contributed by atoms with van der Waals surface area (Å²) < 4.78 is 0. The Morgan fingerprint density at radius 1 is 1.24 bits per heavy atom. The second-order valence-electron chi connectivity index (χ2n) is 6.45. The molecule has 0 saturated heterocycles. The summed E-state index contributed by atoms with van der Waals surface area (Å²) in [7, 11) is 0. The number of hydrogen-bond donors (Lipinski definition) is 2. The summed E-state index contributed by atoms with van der Waals surface area (Å²) >= 11 is 0. The number of anilines is 1. The van der Waals surface area contributed by atoms with Crippen LogP contribution >= 0.6 is 0 Å². The Hall–Kier alpha value is -2.17. The number of hydrogen-bond acceptors (Lipinski definition) is 3. The summed E-state index contributed by atoms with van der Waals surface area (Å²) in [6, 6.07) is 7.78. The standard InChI is InChI=1S/C16H22N4O/c1-10(2)11-8-6-7-9-12(11)17-14(21)13-18-15(20-19-13)16(3,4)5/h6-10H,1-5H3,(H,17,21)(H,18,19,20). The first-order valence-corrected chi connectivity index (χ1v) is 7.12. The van der Waals surface area contributed by atoms with E-state index < -0.39 is 0 Å². The largest absolute Gasteiger partial charge is 0.319 e. The third-order valence-corrected chi connectivity index (χ3v) is 3.23. The second kappa shape index (κ2) is 5.68. The number of nitrogens with one attached hydrogen (secondary N) is 2. The second-order valence-corrected chi connectivity index (χ2v) is 6.45. The average Bonchev–Trinajstić information content (AvgIpc) is 2.88. The molecule has 0 radical (unpaired) electrons. The number of carbonyl (C=O) groups excluding carboxylic acids is 1. The maximum Gasteiger partial charge on any atom is 0.295 e. The lowest BCUT2D eigenvalue weighted by Crippen LogP contribution is -2.17. The molecule has 2 aromatic rings. The lowest BCUT2D eigenvalue weighted by molar-refractivity contribution is 0.101. The molecule has 2 rings (SSSR count). The molecule has 0 spiro atoms. The maximum absolute atomic E-state index is 12.3. The van der Waals surface area contributed by atoms with E-state index in [0.717, 1.165) is 11.3 Å². The third kappa shape index (κ3) is 3.48. The molecular formula is C16H22N4O. The number of rotatable bonds is 3. The van der Waals surface area contributed by atoms with Crippen LogP contribution in [-0.2, 0) is 5.41 Å². The minimum atomic E-state index is -0.296. The van der Waals surface area contributed by atoms with Gasteiger partial charge in [-0.05, 0) is 17.5 Å². The Morgan fingerprint density at radius 2 is 1.90 bits per heavy atom. The van der Waals surface area contributed by atoms with Crippen molar-refractivity contribution in [3.05, 3.63) is 41.5 Å². The molecule has 2 N–H and O–H groups in total. The third-order valence-electron chi connectivity index (χ3n) is 3.23. The highest BCUT2D eigenvalue weighted by Gasteiger charge is 2.21. The summed E-state index contributed by atoms with van der Waals surface area (Å²) in [6.45, 7) is 10.2. The zero-order valence-electron chi connectivity index (χ0n) is 13.2. The van der Waals surface area contributed by atoms with Gasteiger partial charge in [-0.2, -0.15) is 0 Å². The van der Waals surface area contributed by atoms with E-state index in [4.69, 9.17) is 0 Å². The Bertz CT molecular complexity index is 638. The van der Waals surface area contributed by atoms with Crippen LogP contribution in [0, 0.1) is 0 Å². The van der Waals surface area contributed by atoms with Crippen LogP contribution in [0.25, 0.3) is 0 Å². The summed E-state index contributed by atoms with van der Waals surface area (Å²) in [4.78, 5) is 16.5. The number of aromatic nitrogens is 3. The molecule has 21 heavy (non-hydrogen) atoms. The van der Waals surface area contributed by atoms with Crippen LogP contribution in [-0.4, -0.2) is 21.1 Å². The Kier molecular flexibility index (Phi) is 4.11. The predicted molar refractivity (Wildman–Crippen MR) is 83.6 cm³/mol. The summed E-state index contributed by atoms with van der Waals surface area (Å²) in [6.07, 6.45) is 0. The van der Waals surface area contributed by atoms with Gasteiger partial charge >= 0.3 is 0 Å². The molecule has 0 unspecified atom stereocenters. The van der Waals surface area contributed by atoms with Gasteiger partial charge in [0, 0.05) is 11.1 Å². The number of para-hydroxylation sites is 1.